The molecule has 0 aromatic carbocycles. The maximum atomic E-state index is 4.26. The summed E-state index contributed by atoms with van der Waals surface area (Å²) in [6.07, 6.45) is 3.61. The molecule has 0 bridgehead atoms. The summed E-state index contributed by atoms with van der Waals surface area (Å²) in [4.78, 5) is 6.75. The van der Waals surface area contributed by atoms with Crippen LogP contribution in [0.25, 0.3) is 0 Å². The average molecular weight is 209 g/mol. The maximum Gasteiger partial charge on any atom is 0.105 e. The molecule has 2 rings (SSSR count). The van der Waals surface area contributed by atoms with E-state index in [1.165, 1.54) is 0 Å². The van der Waals surface area contributed by atoms with Gasteiger partial charge in [0.2, 0.25) is 0 Å². The molecule has 0 saturated carbocycles. The Morgan fingerprint density at radius 2 is 2.36 bits per heavy atom. The summed E-state index contributed by atoms with van der Waals surface area (Å²) in [5.41, 5.74) is 2.73. The van der Waals surface area contributed by atoms with Gasteiger partial charge in [-0.3, -0.25) is 4.98 Å². The van der Waals surface area contributed by atoms with Gasteiger partial charge in [-0.05, 0) is 7.05 Å². The third kappa shape index (κ3) is 1.66. The van der Waals surface area contributed by atoms with Gasteiger partial charge in [0.15, 0.2) is 0 Å². The highest BCUT2D eigenvalue weighted by Crippen LogP contribution is 2.22. The standard InChI is InChI=1S/C8H11N5S/c1-9-8(7-4-10-5-14-7)6-3-11-13(2)12-6/h3-5,8-9H,1-2H3. The van der Waals surface area contributed by atoms with Gasteiger partial charge in [0.25, 0.3) is 0 Å². The number of hydrogen-bond donors (Lipinski definition) is 1. The van der Waals surface area contributed by atoms with Gasteiger partial charge in [0.1, 0.15) is 5.69 Å². The first-order valence-corrected chi connectivity index (χ1v) is 5.11. The molecule has 1 atom stereocenters. The lowest BCUT2D eigenvalue weighted by molar-refractivity contribution is 0.616. The molecule has 2 aromatic rings. The molecule has 0 radical (unpaired) electrons. The second-order valence-corrected chi connectivity index (χ2v) is 3.80. The van der Waals surface area contributed by atoms with E-state index >= 15 is 0 Å². The molecule has 0 saturated heterocycles. The molecule has 0 aliphatic heterocycles. The number of hydrogen-bond acceptors (Lipinski definition) is 5. The quantitative estimate of drug-likeness (QED) is 0.803. The van der Waals surface area contributed by atoms with Crippen LogP contribution in [0.2, 0.25) is 0 Å². The van der Waals surface area contributed by atoms with Gasteiger partial charge >= 0.3 is 0 Å². The van der Waals surface area contributed by atoms with E-state index in [2.05, 4.69) is 20.5 Å². The summed E-state index contributed by atoms with van der Waals surface area (Å²) in [7, 11) is 3.71. The minimum absolute atomic E-state index is 0.0937. The molecule has 2 heterocycles. The van der Waals surface area contributed by atoms with Crippen LogP contribution in [0.4, 0.5) is 0 Å². The molecule has 2 aromatic heterocycles. The zero-order valence-corrected chi connectivity index (χ0v) is 8.82. The Morgan fingerprint density at radius 1 is 1.50 bits per heavy atom. The van der Waals surface area contributed by atoms with Crippen LogP contribution in [-0.2, 0) is 7.05 Å². The maximum absolute atomic E-state index is 4.26. The Kier molecular flexibility index (Phi) is 2.55. The van der Waals surface area contributed by atoms with Crippen molar-refractivity contribution in [1.29, 1.82) is 0 Å². The number of nitrogens with zero attached hydrogens (tertiary/aromatic N) is 4. The summed E-state index contributed by atoms with van der Waals surface area (Å²) < 4.78 is 0. The zero-order chi connectivity index (χ0) is 9.97. The van der Waals surface area contributed by atoms with Crippen LogP contribution in [0.15, 0.2) is 17.9 Å². The molecule has 74 valence electrons. The summed E-state index contributed by atoms with van der Waals surface area (Å²) in [5.74, 6) is 0. The van der Waals surface area contributed by atoms with Crippen molar-refractivity contribution in [2.75, 3.05) is 7.05 Å². The van der Waals surface area contributed by atoms with Gasteiger partial charge in [0.05, 0.1) is 17.7 Å². The van der Waals surface area contributed by atoms with Gasteiger partial charge in [-0.25, -0.2) is 0 Å². The van der Waals surface area contributed by atoms with Gasteiger partial charge in [-0.1, -0.05) is 0 Å². The lowest BCUT2D eigenvalue weighted by Crippen LogP contribution is -2.17. The first-order valence-electron chi connectivity index (χ1n) is 4.23. The normalized spacial score (nSPS) is 13.0. The fraction of sp³-hybridized carbons (Fsp3) is 0.375. The Balaban J connectivity index is 2.31. The Hall–Kier alpha value is -1.27. The van der Waals surface area contributed by atoms with Crippen molar-refractivity contribution in [3.8, 4) is 0 Å². The second kappa shape index (κ2) is 3.85. The first kappa shape index (κ1) is 9.29. The SMILES string of the molecule is CNC(c1cnn(C)n1)c1cncs1. The first-order chi connectivity index (χ1) is 6.81. The highest BCUT2D eigenvalue weighted by atomic mass is 32.1. The van der Waals surface area contributed by atoms with E-state index in [1.807, 2.05) is 25.8 Å². The van der Waals surface area contributed by atoms with Crippen molar-refractivity contribution < 1.29 is 0 Å². The van der Waals surface area contributed by atoms with Crippen molar-refractivity contribution >= 4 is 11.3 Å². The van der Waals surface area contributed by atoms with Crippen LogP contribution in [0.1, 0.15) is 16.6 Å². The number of aryl methyl sites for hydroxylation is 1. The predicted octanol–water partition coefficient (Wildman–Crippen LogP) is 0.580. The molecule has 0 fully saturated rings. The Bertz CT molecular complexity index is 394. The van der Waals surface area contributed by atoms with E-state index in [-0.39, 0.29) is 6.04 Å². The molecule has 0 spiro atoms. The van der Waals surface area contributed by atoms with Crippen LogP contribution >= 0.6 is 11.3 Å². The third-order valence-electron chi connectivity index (χ3n) is 1.94. The molecule has 1 N–H and O–H groups in total. The highest BCUT2D eigenvalue weighted by Gasteiger charge is 2.16. The van der Waals surface area contributed by atoms with E-state index in [4.69, 9.17) is 0 Å². The van der Waals surface area contributed by atoms with Crippen molar-refractivity contribution in [3.05, 3.63) is 28.5 Å². The topological polar surface area (TPSA) is 55.6 Å². The molecule has 5 nitrogen and oxygen atoms in total. The number of nitrogens with one attached hydrogen (secondary N) is 1. The van der Waals surface area contributed by atoms with E-state index in [1.54, 1.807) is 22.3 Å². The van der Waals surface area contributed by atoms with Crippen LogP contribution in [-0.4, -0.2) is 27.0 Å². The van der Waals surface area contributed by atoms with E-state index in [0.29, 0.717) is 0 Å². The van der Waals surface area contributed by atoms with E-state index in [9.17, 15) is 0 Å². The van der Waals surface area contributed by atoms with E-state index < -0.39 is 0 Å². The fourth-order valence-corrected chi connectivity index (χ4v) is 2.04. The van der Waals surface area contributed by atoms with Crippen LogP contribution in [0.3, 0.4) is 0 Å². The molecule has 0 amide bonds. The molecular weight excluding hydrogens is 198 g/mol. The smallest absolute Gasteiger partial charge is 0.105 e. The lowest BCUT2D eigenvalue weighted by atomic mass is 10.2. The van der Waals surface area contributed by atoms with Gasteiger partial charge in [-0.2, -0.15) is 15.0 Å². The minimum Gasteiger partial charge on any atom is -0.307 e. The summed E-state index contributed by atoms with van der Waals surface area (Å²) in [5, 5.41) is 11.5. The molecule has 6 heteroatoms. The Labute approximate surface area is 85.8 Å². The molecule has 1 unspecified atom stereocenters. The number of aromatic nitrogens is 4. The van der Waals surface area contributed by atoms with Gasteiger partial charge in [0, 0.05) is 18.1 Å². The monoisotopic (exact) mass is 209 g/mol. The van der Waals surface area contributed by atoms with Gasteiger partial charge < -0.3 is 5.32 Å². The second-order valence-electron chi connectivity index (χ2n) is 2.88. The van der Waals surface area contributed by atoms with Crippen LogP contribution in [0.5, 0.6) is 0 Å². The molecular formula is C8H11N5S. The average Bonchev–Trinajstić information content (AvgIpc) is 2.79. The molecule has 0 aliphatic carbocycles. The summed E-state index contributed by atoms with van der Waals surface area (Å²) in [6, 6.07) is 0.0937. The van der Waals surface area contributed by atoms with Crippen molar-refractivity contribution in [1.82, 2.24) is 25.3 Å². The van der Waals surface area contributed by atoms with Crippen molar-refractivity contribution in [2.45, 2.75) is 6.04 Å². The van der Waals surface area contributed by atoms with Crippen LogP contribution in [0, 0.1) is 0 Å². The third-order valence-corrected chi connectivity index (χ3v) is 2.78. The minimum atomic E-state index is 0.0937. The Morgan fingerprint density at radius 3 is 2.86 bits per heavy atom. The zero-order valence-electron chi connectivity index (χ0n) is 8.01. The predicted molar refractivity (Wildman–Crippen MR) is 54.0 cm³/mol. The highest BCUT2D eigenvalue weighted by molar-refractivity contribution is 7.09. The van der Waals surface area contributed by atoms with Gasteiger partial charge in [-0.15, -0.1) is 11.3 Å². The summed E-state index contributed by atoms with van der Waals surface area (Å²) >= 11 is 1.61. The van der Waals surface area contributed by atoms with Crippen molar-refractivity contribution in [3.63, 3.8) is 0 Å². The van der Waals surface area contributed by atoms with E-state index in [0.717, 1.165) is 10.6 Å². The van der Waals surface area contributed by atoms with Crippen molar-refractivity contribution in [2.24, 2.45) is 7.05 Å². The lowest BCUT2D eigenvalue weighted by Gasteiger charge is -2.09. The van der Waals surface area contributed by atoms with Crippen LogP contribution < -0.4 is 5.32 Å². The fourth-order valence-electron chi connectivity index (χ4n) is 1.30. The number of thiazole rings is 1. The molecule has 14 heavy (non-hydrogen) atoms. The summed E-state index contributed by atoms with van der Waals surface area (Å²) in [6.45, 7) is 0. The molecule has 0 aliphatic rings. The largest absolute Gasteiger partial charge is 0.307 e. The number of rotatable bonds is 3.